The molecule has 1 aliphatic rings. The Morgan fingerprint density at radius 2 is 2.39 bits per heavy atom. The summed E-state index contributed by atoms with van der Waals surface area (Å²) >= 11 is 0. The summed E-state index contributed by atoms with van der Waals surface area (Å²) in [6.45, 7) is 0.618. The zero-order chi connectivity index (χ0) is 13.1. The molecule has 98 valence electrons. The molecular formula is C11H15FN4O2. The predicted molar refractivity (Wildman–Crippen MR) is 65.3 cm³/mol. The van der Waals surface area contributed by atoms with E-state index in [4.69, 9.17) is 10.8 Å². The van der Waals surface area contributed by atoms with Crippen molar-refractivity contribution in [1.29, 1.82) is 0 Å². The molecule has 2 heterocycles. The molecule has 0 radical (unpaired) electrons. The monoisotopic (exact) mass is 254 g/mol. The number of pyridine rings is 1. The molecule has 1 fully saturated rings. The number of rotatable bonds is 2. The average Bonchev–Trinajstić information content (AvgIpc) is 2.27. The second-order valence-electron chi connectivity index (χ2n) is 4.32. The largest absolute Gasteiger partial charge is 0.465 e. The number of aromatic nitrogens is 1. The number of alkyl halides is 1. The number of halogens is 1. The highest BCUT2D eigenvalue weighted by molar-refractivity contribution is 5.67. The van der Waals surface area contributed by atoms with Crippen molar-refractivity contribution < 1.29 is 14.3 Å². The van der Waals surface area contributed by atoms with Crippen molar-refractivity contribution in [2.45, 2.75) is 18.6 Å². The van der Waals surface area contributed by atoms with Crippen LogP contribution in [0.15, 0.2) is 18.5 Å². The zero-order valence-electron chi connectivity index (χ0n) is 9.71. The molecule has 2 atom stereocenters. The van der Waals surface area contributed by atoms with Gasteiger partial charge in [0.25, 0.3) is 0 Å². The molecule has 0 aromatic carbocycles. The summed E-state index contributed by atoms with van der Waals surface area (Å²) in [5, 5.41) is 11.0. The van der Waals surface area contributed by atoms with Crippen LogP contribution in [0.1, 0.15) is 6.42 Å². The van der Waals surface area contributed by atoms with E-state index in [1.807, 2.05) is 0 Å². The van der Waals surface area contributed by atoms with Gasteiger partial charge in [0.15, 0.2) is 0 Å². The predicted octanol–water partition coefficient (Wildman–Crippen LogP) is 0.848. The minimum absolute atomic E-state index is 0.188. The lowest BCUT2D eigenvalue weighted by atomic mass is 10.0. The number of nitrogens with one attached hydrogen (secondary N) is 1. The van der Waals surface area contributed by atoms with Gasteiger partial charge in [-0.05, 0) is 6.07 Å². The van der Waals surface area contributed by atoms with Crippen LogP contribution in [0.2, 0.25) is 0 Å². The molecule has 0 aliphatic carbocycles. The van der Waals surface area contributed by atoms with E-state index in [0.717, 1.165) is 0 Å². The Kier molecular flexibility index (Phi) is 3.50. The first-order valence-corrected chi connectivity index (χ1v) is 5.64. The first kappa shape index (κ1) is 12.4. The Hall–Kier alpha value is -2.05. The van der Waals surface area contributed by atoms with E-state index in [-0.39, 0.29) is 13.0 Å². The smallest absolute Gasteiger partial charge is 0.404 e. The van der Waals surface area contributed by atoms with E-state index in [9.17, 15) is 9.18 Å². The Morgan fingerprint density at radius 3 is 3.06 bits per heavy atom. The highest BCUT2D eigenvalue weighted by Gasteiger charge is 2.29. The van der Waals surface area contributed by atoms with Crippen LogP contribution >= 0.6 is 0 Å². The Bertz CT molecular complexity index is 443. The van der Waals surface area contributed by atoms with Crippen molar-refractivity contribution >= 4 is 17.5 Å². The lowest BCUT2D eigenvalue weighted by Crippen LogP contribution is -2.51. The summed E-state index contributed by atoms with van der Waals surface area (Å²) in [7, 11) is 0. The van der Waals surface area contributed by atoms with Crippen LogP contribution in [0.5, 0.6) is 0 Å². The molecule has 7 heteroatoms. The van der Waals surface area contributed by atoms with E-state index in [0.29, 0.717) is 17.9 Å². The van der Waals surface area contributed by atoms with E-state index in [1.54, 1.807) is 17.2 Å². The molecule has 6 nitrogen and oxygen atoms in total. The number of carboxylic acid groups (broad SMARTS) is 1. The molecule has 0 unspecified atom stereocenters. The van der Waals surface area contributed by atoms with Crippen molar-refractivity contribution in [2.24, 2.45) is 0 Å². The molecule has 0 bridgehead atoms. The van der Waals surface area contributed by atoms with Crippen molar-refractivity contribution in [2.75, 3.05) is 23.7 Å². The number of amides is 1. The summed E-state index contributed by atoms with van der Waals surface area (Å²) in [6, 6.07) is 1.27. The third kappa shape index (κ3) is 2.79. The molecule has 1 aromatic heterocycles. The normalized spacial score (nSPS) is 23.7. The maximum atomic E-state index is 13.6. The van der Waals surface area contributed by atoms with Crippen LogP contribution in [-0.2, 0) is 0 Å². The molecular weight excluding hydrogens is 239 g/mol. The summed E-state index contributed by atoms with van der Waals surface area (Å²) < 4.78 is 13.6. The van der Waals surface area contributed by atoms with Gasteiger partial charge in [0, 0.05) is 25.7 Å². The summed E-state index contributed by atoms with van der Waals surface area (Å²) in [4.78, 5) is 16.2. The summed E-state index contributed by atoms with van der Waals surface area (Å²) in [6.07, 6.45) is 1.04. The number of nitrogens with zero attached hydrogens (tertiary/aromatic N) is 2. The van der Waals surface area contributed by atoms with Crippen LogP contribution in [-0.4, -0.2) is 41.5 Å². The third-order valence-electron chi connectivity index (χ3n) is 2.90. The van der Waals surface area contributed by atoms with Gasteiger partial charge >= 0.3 is 6.09 Å². The van der Waals surface area contributed by atoms with Gasteiger partial charge in [-0.15, -0.1) is 0 Å². The number of carbonyl (C=O) groups is 1. The fourth-order valence-electron chi connectivity index (χ4n) is 2.20. The fourth-order valence-corrected chi connectivity index (χ4v) is 2.20. The van der Waals surface area contributed by atoms with Gasteiger partial charge in [-0.3, -0.25) is 4.98 Å². The minimum atomic E-state index is -1.14. The number of nitrogens with two attached hydrogens (primary N) is 1. The lowest BCUT2D eigenvalue weighted by Gasteiger charge is -2.36. The summed E-state index contributed by atoms with van der Waals surface area (Å²) in [5.41, 5.74) is 6.92. The number of hydrogen-bond acceptors (Lipinski definition) is 4. The van der Waals surface area contributed by atoms with Gasteiger partial charge in [-0.25, -0.2) is 9.18 Å². The molecule has 1 aromatic rings. The Balaban J connectivity index is 2.13. The number of anilines is 2. The summed E-state index contributed by atoms with van der Waals surface area (Å²) in [5.74, 6) is 0. The second kappa shape index (κ2) is 5.07. The third-order valence-corrected chi connectivity index (χ3v) is 2.90. The van der Waals surface area contributed by atoms with Crippen molar-refractivity contribution in [3.8, 4) is 0 Å². The van der Waals surface area contributed by atoms with E-state index in [2.05, 4.69) is 10.3 Å². The Morgan fingerprint density at radius 1 is 1.61 bits per heavy atom. The minimum Gasteiger partial charge on any atom is -0.465 e. The second-order valence-corrected chi connectivity index (χ2v) is 4.32. The topological polar surface area (TPSA) is 91.5 Å². The van der Waals surface area contributed by atoms with Gasteiger partial charge in [-0.2, -0.15) is 0 Å². The average molecular weight is 254 g/mol. The quantitative estimate of drug-likeness (QED) is 0.727. The maximum absolute atomic E-state index is 13.6. The lowest BCUT2D eigenvalue weighted by molar-refractivity contribution is 0.181. The Labute approximate surface area is 104 Å². The van der Waals surface area contributed by atoms with Crippen molar-refractivity contribution in [3.63, 3.8) is 0 Å². The van der Waals surface area contributed by atoms with E-state index < -0.39 is 18.3 Å². The molecule has 18 heavy (non-hydrogen) atoms. The fraction of sp³-hybridized carbons (Fsp3) is 0.455. The van der Waals surface area contributed by atoms with Gasteiger partial charge in [0.05, 0.1) is 23.6 Å². The molecule has 1 saturated heterocycles. The highest BCUT2D eigenvalue weighted by atomic mass is 19.1. The van der Waals surface area contributed by atoms with Crippen LogP contribution in [0.25, 0.3) is 0 Å². The zero-order valence-corrected chi connectivity index (χ0v) is 9.71. The molecule has 4 N–H and O–H groups in total. The van der Waals surface area contributed by atoms with Crippen molar-refractivity contribution in [3.05, 3.63) is 18.5 Å². The number of nitrogen functional groups attached to an aromatic ring is 1. The van der Waals surface area contributed by atoms with E-state index >= 15 is 0 Å². The maximum Gasteiger partial charge on any atom is 0.404 e. The highest BCUT2D eigenvalue weighted by Crippen LogP contribution is 2.26. The van der Waals surface area contributed by atoms with Gasteiger partial charge in [0.2, 0.25) is 0 Å². The first-order valence-electron chi connectivity index (χ1n) is 5.64. The molecule has 0 saturated carbocycles. The van der Waals surface area contributed by atoms with Gasteiger partial charge < -0.3 is 21.1 Å². The van der Waals surface area contributed by atoms with Crippen LogP contribution in [0.3, 0.4) is 0 Å². The molecule has 2 rings (SSSR count). The molecule has 0 spiro atoms. The van der Waals surface area contributed by atoms with E-state index in [1.165, 1.54) is 6.20 Å². The van der Waals surface area contributed by atoms with Crippen LogP contribution in [0.4, 0.5) is 20.6 Å². The van der Waals surface area contributed by atoms with Gasteiger partial charge in [0.1, 0.15) is 6.17 Å². The number of piperidine rings is 1. The van der Waals surface area contributed by atoms with Crippen molar-refractivity contribution in [1.82, 2.24) is 10.3 Å². The SMILES string of the molecule is Nc1cnccc1N1C[C@H](F)C[C@H](NC(=O)O)C1. The van der Waals surface area contributed by atoms with Crippen LogP contribution in [0, 0.1) is 0 Å². The standard InChI is InChI=1S/C11H15FN4O2/c12-7-3-8(15-11(17)18)6-16(5-7)10-1-2-14-4-9(10)13/h1-2,4,7-8,15H,3,5-6,13H2,(H,17,18)/t7-,8+/m1/s1. The molecule has 1 aliphatic heterocycles. The van der Waals surface area contributed by atoms with Gasteiger partial charge in [-0.1, -0.05) is 0 Å². The van der Waals surface area contributed by atoms with Crippen LogP contribution < -0.4 is 16.0 Å². The molecule has 1 amide bonds. The number of hydrogen-bond donors (Lipinski definition) is 3. The first-order chi connectivity index (χ1) is 8.56.